The summed E-state index contributed by atoms with van der Waals surface area (Å²) in [5.74, 6) is 0.234. The molecular formula is C18H21N5O. The lowest BCUT2D eigenvalue weighted by Crippen LogP contribution is -2.29. The molecule has 2 aromatic heterocycles. The fourth-order valence-electron chi connectivity index (χ4n) is 2.71. The molecule has 0 aliphatic rings. The number of fused-ring (bicyclic) bond motifs is 1. The summed E-state index contributed by atoms with van der Waals surface area (Å²) in [6, 6.07) is 9.99. The standard InChI is InChI=1S/C18H21N5O/c1-4-5-14-6-8-15(9-7-14)13(3)22-17(24)16-10-12(2)21-18-19-11-20-23(16)18/h6-11,13H,4-5H2,1-3H3,(H,22,24)/t13-/m0/s1. The maximum Gasteiger partial charge on any atom is 0.270 e. The largest absolute Gasteiger partial charge is 0.344 e. The summed E-state index contributed by atoms with van der Waals surface area (Å²) in [7, 11) is 0. The number of carbonyl (C=O) groups is 1. The van der Waals surface area contributed by atoms with Crippen molar-refractivity contribution in [1.82, 2.24) is 24.9 Å². The molecule has 0 aliphatic carbocycles. The Balaban J connectivity index is 1.79. The van der Waals surface area contributed by atoms with E-state index in [1.54, 1.807) is 6.07 Å². The van der Waals surface area contributed by atoms with Gasteiger partial charge in [-0.1, -0.05) is 37.6 Å². The highest BCUT2D eigenvalue weighted by atomic mass is 16.2. The molecule has 0 bridgehead atoms. The third-order valence-corrected chi connectivity index (χ3v) is 3.98. The summed E-state index contributed by atoms with van der Waals surface area (Å²) in [5, 5.41) is 7.09. The van der Waals surface area contributed by atoms with Gasteiger partial charge in [0, 0.05) is 5.69 Å². The summed E-state index contributed by atoms with van der Waals surface area (Å²) >= 11 is 0. The van der Waals surface area contributed by atoms with Gasteiger partial charge in [-0.2, -0.15) is 14.6 Å². The molecule has 0 saturated heterocycles. The van der Waals surface area contributed by atoms with Gasteiger partial charge in [0.2, 0.25) is 0 Å². The number of rotatable bonds is 5. The molecule has 1 atom stereocenters. The number of nitrogens with one attached hydrogen (secondary N) is 1. The zero-order valence-corrected chi connectivity index (χ0v) is 14.2. The SMILES string of the molecule is CCCc1ccc([C@H](C)NC(=O)c2cc(C)nc3ncnn23)cc1. The first kappa shape index (κ1) is 16.1. The van der Waals surface area contributed by atoms with Crippen molar-refractivity contribution in [3.8, 4) is 0 Å². The highest BCUT2D eigenvalue weighted by Gasteiger charge is 2.16. The fraction of sp³-hybridized carbons (Fsp3) is 0.333. The van der Waals surface area contributed by atoms with Crippen molar-refractivity contribution in [2.75, 3.05) is 0 Å². The molecule has 0 unspecified atom stereocenters. The second-order valence-electron chi connectivity index (χ2n) is 5.94. The van der Waals surface area contributed by atoms with E-state index >= 15 is 0 Å². The number of carbonyl (C=O) groups excluding carboxylic acids is 1. The molecule has 24 heavy (non-hydrogen) atoms. The van der Waals surface area contributed by atoms with Crippen molar-refractivity contribution < 1.29 is 4.79 Å². The zero-order chi connectivity index (χ0) is 17.1. The number of hydrogen-bond acceptors (Lipinski definition) is 4. The smallest absolute Gasteiger partial charge is 0.270 e. The third kappa shape index (κ3) is 3.27. The highest BCUT2D eigenvalue weighted by Crippen LogP contribution is 2.15. The van der Waals surface area contributed by atoms with E-state index in [2.05, 4.69) is 51.6 Å². The highest BCUT2D eigenvalue weighted by molar-refractivity contribution is 5.93. The molecule has 0 radical (unpaired) electrons. The first-order valence-corrected chi connectivity index (χ1v) is 8.15. The minimum atomic E-state index is -0.193. The minimum absolute atomic E-state index is 0.0970. The Labute approximate surface area is 141 Å². The number of aryl methyl sites for hydroxylation is 2. The minimum Gasteiger partial charge on any atom is -0.344 e. The molecule has 0 spiro atoms. The first-order valence-electron chi connectivity index (χ1n) is 8.15. The quantitative estimate of drug-likeness (QED) is 0.783. The van der Waals surface area contributed by atoms with Gasteiger partial charge in [0.1, 0.15) is 12.0 Å². The van der Waals surface area contributed by atoms with Gasteiger partial charge in [-0.15, -0.1) is 0 Å². The first-order chi connectivity index (χ1) is 11.6. The molecule has 0 fully saturated rings. The van der Waals surface area contributed by atoms with E-state index in [0.29, 0.717) is 11.5 Å². The average Bonchev–Trinajstić information content (AvgIpc) is 3.03. The molecule has 2 heterocycles. The Morgan fingerprint density at radius 1 is 1.29 bits per heavy atom. The molecule has 6 nitrogen and oxygen atoms in total. The van der Waals surface area contributed by atoms with Crippen LogP contribution in [-0.4, -0.2) is 25.5 Å². The van der Waals surface area contributed by atoms with Gasteiger partial charge in [0.05, 0.1) is 6.04 Å². The molecule has 0 aliphatic heterocycles. The van der Waals surface area contributed by atoms with Gasteiger partial charge in [0.25, 0.3) is 11.7 Å². The Kier molecular flexibility index (Phi) is 4.55. The number of amides is 1. The normalized spacial score (nSPS) is 12.3. The lowest BCUT2D eigenvalue weighted by molar-refractivity contribution is 0.0932. The maximum absolute atomic E-state index is 12.6. The van der Waals surface area contributed by atoms with Crippen LogP contribution in [0.1, 0.15) is 53.6 Å². The average molecular weight is 323 g/mol. The van der Waals surface area contributed by atoms with Gasteiger partial charge in [-0.3, -0.25) is 4.79 Å². The summed E-state index contributed by atoms with van der Waals surface area (Å²) in [6.45, 7) is 5.97. The molecule has 0 saturated carbocycles. The van der Waals surface area contributed by atoms with Crippen LogP contribution < -0.4 is 5.32 Å². The second-order valence-corrected chi connectivity index (χ2v) is 5.94. The van der Waals surface area contributed by atoms with E-state index in [0.717, 1.165) is 24.1 Å². The van der Waals surface area contributed by atoms with Crippen LogP contribution in [0.25, 0.3) is 5.78 Å². The fourth-order valence-corrected chi connectivity index (χ4v) is 2.71. The third-order valence-electron chi connectivity index (χ3n) is 3.98. The molecule has 1 N–H and O–H groups in total. The van der Waals surface area contributed by atoms with E-state index < -0.39 is 0 Å². The van der Waals surface area contributed by atoms with Crippen molar-refractivity contribution in [3.05, 3.63) is 59.2 Å². The van der Waals surface area contributed by atoms with Gasteiger partial charge < -0.3 is 5.32 Å². The summed E-state index contributed by atoms with van der Waals surface area (Å²) in [4.78, 5) is 20.9. The van der Waals surface area contributed by atoms with E-state index in [9.17, 15) is 4.79 Å². The maximum atomic E-state index is 12.6. The Bertz CT molecular complexity index is 853. The van der Waals surface area contributed by atoms with Gasteiger partial charge in [0.15, 0.2) is 0 Å². The zero-order valence-electron chi connectivity index (χ0n) is 14.2. The van der Waals surface area contributed by atoms with E-state index in [4.69, 9.17) is 0 Å². The van der Waals surface area contributed by atoms with Gasteiger partial charge in [-0.05, 0) is 37.5 Å². The summed E-state index contributed by atoms with van der Waals surface area (Å²) < 4.78 is 1.46. The lowest BCUT2D eigenvalue weighted by atomic mass is 10.0. The molecule has 1 aromatic carbocycles. The van der Waals surface area contributed by atoms with Crippen LogP contribution in [0.4, 0.5) is 0 Å². The van der Waals surface area contributed by atoms with Crippen LogP contribution in [0, 0.1) is 6.92 Å². The van der Waals surface area contributed by atoms with E-state index in [-0.39, 0.29) is 11.9 Å². The van der Waals surface area contributed by atoms with Crippen LogP contribution in [0.15, 0.2) is 36.7 Å². The number of benzene rings is 1. The molecule has 124 valence electrons. The molecule has 3 aromatic rings. The van der Waals surface area contributed by atoms with E-state index in [1.807, 2.05) is 13.8 Å². The van der Waals surface area contributed by atoms with Crippen molar-refractivity contribution in [3.63, 3.8) is 0 Å². The summed E-state index contributed by atoms with van der Waals surface area (Å²) in [6.07, 6.45) is 3.59. The molecule has 3 rings (SSSR count). The van der Waals surface area contributed by atoms with Crippen molar-refractivity contribution >= 4 is 11.7 Å². The topological polar surface area (TPSA) is 72.2 Å². The predicted molar refractivity (Wildman–Crippen MR) is 91.8 cm³/mol. The monoisotopic (exact) mass is 323 g/mol. The number of aromatic nitrogens is 4. The van der Waals surface area contributed by atoms with E-state index in [1.165, 1.54) is 16.4 Å². The van der Waals surface area contributed by atoms with Gasteiger partial charge >= 0.3 is 0 Å². The van der Waals surface area contributed by atoms with Crippen molar-refractivity contribution in [2.24, 2.45) is 0 Å². The van der Waals surface area contributed by atoms with Crippen LogP contribution in [0.2, 0.25) is 0 Å². The Morgan fingerprint density at radius 2 is 2.04 bits per heavy atom. The molecule has 1 amide bonds. The Morgan fingerprint density at radius 3 is 2.75 bits per heavy atom. The molecule has 6 heteroatoms. The van der Waals surface area contributed by atoms with Crippen LogP contribution in [0.3, 0.4) is 0 Å². The van der Waals surface area contributed by atoms with Crippen LogP contribution >= 0.6 is 0 Å². The Hall–Kier alpha value is -2.76. The molecular weight excluding hydrogens is 302 g/mol. The van der Waals surface area contributed by atoms with Crippen molar-refractivity contribution in [2.45, 2.75) is 39.7 Å². The predicted octanol–water partition coefficient (Wildman–Crippen LogP) is 2.88. The lowest BCUT2D eigenvalue weighted by Gasteiger charge is -2.15. The number of nitrogens with zero attached hydrogens (tertiary/aromatic N) is 4. The number of hydrogen-bond donors (Lipinski definition) is 1. The van der Waals surface area contributed by atoms with Crippen LogP contribution in [-0.2, 0) is 6.42 Å². The van der Waals surface area contributed by atoms with Crippen molar-refractivity contribution in [1.29, 1.82) is 0 Å². The van der Waals surface area contributed by atoms with Crippen LogP contribution in [0.5, 0.6) is 0 Å². The summed E-state index contributed by atoms with van der Waals surface area (Å²) in [5.41, 5.74) is 3.55. The second kappa shape index (κ2) is 6.78. The van der Waals surface area contributed by atoms with Gasteiger partial charge in [-0.25, -0.2) is 4.98 Å².